The first kappa shape index (κ1) is 35.8. The molecule has 0 rings (SSSR count). The van der Waals surface area contributed by atoms with E-state index in [1.54, 1.807) is 0 Å². The molecule has 0 saturated heterocycles. The molecule has 150 valence electrons. The Kier molecular flexibility index (Phi) is 45.2. The Morgan fingerprint density at radius 2 is 0.880 bits per heavy atom. The largest absolute Gasteiger partial charge is 6.00 e. The van der Waals surface area contributed by atoms with Crippen LogP contribution in [0.3, 0.4) is 0 Å². The van der Waals surface area contributed by atoms with Gasteiger partial charge in [-0.25, -0.2) is 12.3 Å². The molecule has 7 heteroatoms. The molecule has 0 aliphatic heterocycles. The van der Waals surface area contributed by atoms with Crippen LogP contribution in [0.1, 0.15) is 68.2 Å². The SMILES string of the molecule is CC[N-]C(C)[N-]C(C)CC.CC[N-]C(C)[N-]C(C)CC.[CH-]=O.[CH-]=O.[Ru+6]. The molecule has 0 aromatic rings. The van der Waals surface area contributed by atoms with Crippen molar-refractivity contribution >= 4 is 13.6 Å². The fourth-order valence-electron chi connectivity index (χ4n) is 1.57. The molecular weight excluding hydrogens is 405 g/mol. The maximum atomic E-state index is 7.75. The Morgan fingerprint density at radius 1 is 0.640 bits per heavy atom. The van der Waals surface area contributed by atoms with Gasteiger partial charge in [0.2, 0.25) is 0 Å². The normalized spacial score (nSPS) is 13.8. The second-order valence-corrected chi connectivity index (χ2v) is 5.07. The number of nitrogens with zero attached hydrogens (tertiary/aromatic N) is 4. The summed E-state index contributed by atoms with van der Waals surface area (Å²) in [5.41, 5.74) is 0. The van der Waals surface area contributed by atoms with Gasteiger partial charge in [0.15, 0.2) is 0 Å². The summed E-state index contributed by atoms with van der Waals surface area (Å²) < 4.78 is 0. The van der Waals surface area contributed by atoms with Crippen molar-refractivity contribution in [2.75, 3.05) is 13.1 Å². The maximum absolute atomic E-state index is 7.75. The van der Waals surface area contributed by atoms with Crippen molar-refractivity contribution in [3.05, 3.63) is 21.3 Å². The zero-order valence-corrected chi connectivity index (χ0v) is 19.0. The molecule has 0 aromatic heterocycles. The minimum atomic E-state index is 0. The van der Waals surface area contributed by atoms with Gasteiger partial charge in [-0.05, 0) is 0 Å². The number of rotatable bonds is 10. The molecule has 4 atom stereocenters. The fourth-order valence-corrected chi connectivity index (χ4v) is 1.57. The summed E-state index contributed by atoms with van der Waals surface area (Å²) in [5.74, 6) is 0. The van der Waals surface area contributed by atoms with Crippen molar-refractivity contribution in [1.82, 2.24) is 0 Å². The van der Waals surface area contributed by atoms with E-state index in [0.29, 0.717) is 12.1 Å². The first-order valence-electron chi connectivity index (χ1n) is 8.61. The van der Waals surface area contributed by atoms with Gasteiger partial charge in [0.1, 0.15) is 0 Å². The minimum absolute atomic E-state index is 0. The smallest absolute Gasteiger partial charge is 0.678 e. The molecule has 6 nitrogen and oxygen atoms in total. The van der Waals surface area contributed by atoms with E-state index in [1.807, 2.05) is 27.7 Å². The molecule has 0 aliphatic carbocycles. The minimum Gasteiger partial charge on any atom is -0.678 e. The van der Waals surface area contributed by atoms with Gasteiger partial charge in [-0.1, -0.05) is 54.4 Å². The third-order valence-corrected chi connectivity index (χ3v) is 3.02. The van der Waals surface area contributed by atoms with Crippen LogP contribution >= 0.6 is 0 Å². The van der Waals surface area contributed by atoms with Crippen LogP contribution in [0.4, 0.5) is 0 Å². The molecule has 0 spiro atoms. The Labute approximate surface area is 169 Å². The van der Waals surface area contributed by atoms with Crippen molar-refractivity contribution in [2.45, 2.75) is 92.6 Å². The van der Waals surface area contributed by atoms with Gasteiger partial charge in [0, 0.05) is 0 Å². The number of carbonyl (C=O) groups excluding carboxylic acids is 2. The van der Waals surface area contributed by atoms with Crippen LogP contribution < -0.4 is 0 Å². The van der Waals surface area contributed by atoms with Crippen molar-refractivity contribution in [1.29, 1.82) is 0 Å². The Hall–Kier alpha value is -0.197. The summed E-state index contributed by atoms with van der Waals surface area (Å²) in [6, 6.07) is 0.926. The Bertz CT molecular complexity index is 205. The molecule has 0 N–H and O–H groups in total. The molecule has 0 fully saturated rings. The van der Waals surface area contributed by atoms with Crippen LogP contribution in [0, 0.1) is 0 Å². The third kappa shape index (κ3) is 35.7. The predicted molar refractivity (Wildman–Crippen MR) is 106 cm³/mol. The third-order valence-electron chi connectivity index (χ3n) is 3.02. The van der Waals surface area contributed by atoms with E-state index in [0.717, 1.165) is 25.9 Å². The standard InChI is InChI=1S/2C8H18N2.2CHO.Ru/c2*1-5-7(3)10-8(4)9-6-2;2*1-2;/h2*7-8H,5-6H2,1-4H3;2*1H;/q2*-2;2*-1;+6. The molecular formula is C18H38N4O2Ru. The first-order valence-corrected chi connectivity index (χ1v) is 8.61. The van der Waals surface area contributed by atoms with Crippen LogP contribution in [-0.4, -0.2) is 51.1 Å². The van der Waals surface area contributed by atoms with Gasteiger partial charge < -0.3 is 30.9 Å². The topological polar surface area (TPSA) is 90.5 Å². The Balaban J connectivity index is -0.0000000858. The molecule has 25 heavy (non-hydrogen) atoms. The van der Waals surface area contributed by atoms with Crippen LogP contribution in [0.2, 0.25) is 0 Å². The first-order chi connectivity index (χ1) is 11.4. The summed E-state index contributed by atoms with van der Waals surface area (Å²) in [6.07, 6.45) is 2.62. The van der Waals surface area contributed by atoms with Gasteiger partial charge in [-0.3, -0.25) is 13.6 Å². The molecule has 0 aliphatic rings. The second-order valence-electron chi connectivity index (χ2n) is 5.07. The average Bonchev–Trinajstić information content (AvgIpc) is 2.59. The summed E-state index contributed by atoms with van der Waals surface area (Å²) in [5, 5.41) is 17.3. The zero-order chi connectivity index (χ0) is 20.0. The van der Waals surface area contributed by atoms with Gasteiger partial charge >= 0.3 is 19.5 Å². The van der Waals surface area contributed by atoms with Crippen LogP contribution in [0.5, 0.6) is 0 Å². The van der Waals surface area contributed by atoms with E-state index in [2.05, 4.69) is 62.5 Å². The molecule has 0 saturated carbocycles. The van der Waals surface area contributed by atoms with E-state index < -0.39 is 0 Å². The van der Waals surface area contributed by atoms with Crippen molar-refractivity contribution in [2.24, 2.45) is 0 Å². The van der Waals surface area contributed by atoms with Crippen LogP contribution in [-0.2, 0) is 29.1 Å². The van der Waals surface area contributed by atoms with Crippen LogP contribution in [0.15, 0.2) is 0 Å². The average molecular weight is 444 g/mol. The van der Waals surface area contributed by atoms with E-state index in [9.17, 15) is 0 Å². The fraction of sp³-hybridized carbons (Fsp3) is 0.889. The molecule has 0 radical (unpaired) electrons. The molecule has 0 amide bonds. The van der Waals surface area contributed by atoms with E-state index in [1.165, 1.54) is 0 Å². The zero-order valence-electron chi connectivity index (χ0n) is 17.3. The van der Waals surface area contributed by atoms with E-state index >= 15 is 0 Å². The van der Waals surface area contributed by atoms with Gasteiger partial charge in [0.25, 0.3) is 0 Å². The van der Waals surface area contributed by atoms with Crippen molar-refractivity contribution in [3.63, 3.8) is 0 Å². The quantitative estimate of drug-likeness (QED) is 0.262. The number of hydrogen-bond acceptors (Lipinski definition) is 2. The molecule has 0 aromatic carbocycles. The van der Waals surface area contributed by atoms with Gasteiger partial charge in [0.05, 0.1) is 0 Å². The summed E-state index contributed by atoms with van der Waals surface area (Å²) >= 11 is 0. The maximum Gasteiger partial charge on any atom is 6.00 e. The van der Waals surface area contributed by atoms with Gasteiger partial charge in [-0.2, -0.15) is 13.1 Å². The van der Waals surface area contributed by atoms with E-state index in [4.69, 9.17) is 9.59 Å². The second kappa shape index (κ2) is 31.6. The molecule has 0 heterocycles. The van der Waals surface area contributed by atoms with Crippen molar-refractivity contribution < 1.29 is 29.1 Å². The molecule has 4 unspecified atom stereocenters. The Morgan fingerprint density at radius 3 is 1.04 bits per heavy atom. The van der Waals surface area contributed by atoms with Crippen molar-refractivity contribution in [3.8, 4) is 0 Å². The summed E-state index contributed by atoms with van der Waals surface area (Å²) in [6.45, 7) is 25.0. The predicted octanol–water partition coefficient (Wildman–Crippen LogP) is 5.25. The summed E-state index contributed by atoms with van der Waals surface area (Å²) in [7, 11) is 0. The van der Waals surface area contributed by atoms with E-state index in [-0.39, 0.29) is 31.8 Å². The number of hydrogen-bond donors (Lipinski definition) is 0. The van der Waals surface area contributed by atoms with Gasteiger partial charge in [-0.15, -0.1) is 25.9 Å². The molecule has 0 bridgehead atoms. The summed E-state index contributed by atoms with van der Waals surface area (Å²) in [4.78, 5) is 15.5. The van der Waals surface area contributed by atoms with Crippen LogP contribution in [0.25, 0.3) is 21.3 Å². The monoisotopic (exact) mass is 444 g/mol.